The number of rotatable bonds is 12. The molecule has 1 fully saturated rings. The molecule has 1 heterocycles. The minimum absolute atomic E-state index is 0.0704. The molecule has 1 aromatic heterocycles. The molecule has 6 heteroatoms. The van der Waals surface area contributed by atoms with Crippen LogP contribution in [0.4, 0.5) is 10.2 Å². The molecule has 1 aliphatic carbocycles. The fourth-order valence-electron chi connectivity index (χ4n) is 4.11. The number of aromatic nitrogens is 1. The van der Waals surface area contributed by atoms with Crippen molar-refractivity contribution in [1.82, 2.24) is 9.88 Å². The Morgan fingerprint density at radius 1 is 1.15 bits per heavy atom. The second-order valence-corrected chi connectivity index (χ2v) is 10.6. The Balaban J connectivity index is 0.00000254. The van der Waals surface area contributed by atoms with Crippen molar-refractivity contribution in [1.29, 1.82) is 0 Å². The lowest BCUT2D eigenvalue weighted by molar-refractivity contribution is -0.124. The molecule has 2 rings (SSSR count). The van der Waals surface area contributed by atoms with Gasteiger partial charge in [-0.25, -0.2) is 9.37 Å². The van der Waals surface area contributed by atoms with Gasteiger partial charge in [0.25, 0.3) is 5.91 Å². The zero-order valence-corrected chi connectivity index (χ0v) is 26.2. The third kappa shape index (κ3) is 10.7. The number of carbonyl (C=O) groups excluding carboxylic acids is 2. The van der Waals surface area contributed by atoms with Crippen LogP contribution in [-0.4, -0.2) is 42.0 Å². The minimum atomic E-state index is -1.06. The topological polar surface area (TPSA) is 62.3 Å². The molecule has 5 nitrogen and oxygen atoms in total. The van der Waals surface area contributed by atoms with Crippen LogP contribution in [0.3, 0.4) is 0 Å². The number of pyridine rings is 1. The maximum absolute atomic E-state index is 13.4. The van der Waals surface area contributed by atoms with Crippen molar-refractivity contribution < 1.29 is 14.0 Å². The number of carbonyl (C=O) groups is 2. The standard InChI is InChI=1S/C31H42FN3O2.C3H8/c1-9-12-14-25(31(37)35(7)8)26(24(11-3)22(6)15-20(4)13-10-2)17-23-19-33-29(16-21(23)5)34-30(36)27-18-28(27)32;1-3-2/h11,14-17,19,27-28H,4,9-10,12-13,18H2,1-3,5-8H3,(H,33,34,36);3H2,1-2H3/b22-15-,24-11+,25-14-,26-17-;. The molecule has 2 unspecified atom stereocenters. The summed E-state index contributed by atoms with van der Waals surface area (Å²) in [6, 6.07) is 1.78. The molecular weight excluding hydrogens is 501 g/mol. The van der Waals surface area contributed by atoms with E-state index in [0.717, 1.165) is 59.1 Å². The van der Waals surface area contributed by atoms with Crippen molar-refractivity contribution in [2.24, 2.45) is 5.92 Å². The number of halogens is 1. The number of nitrogens with one attached hydrogen (secondary N) is 1. The van der Waals surface area contributed by atoms with Gasteiger partial charge in [-0.15, -0.1) is 0 Å². The first kappa shape index (κ1) is 34.7. The fourth-order valence-corrected chi connectivity index (χ4v) is 4.11. The molecule has 0 saturated heterocycles. The minimum Gasteiger partial charge on any atom is -0.345 e. The van der Waals surface area contributed by atoms with Crippen molar-refractivity contribution in [2.45, 2.75) is 93.2 Å². The summed E-state index contributed by atoms with van der Waals surface area (Å²) in [7, 11) is 3.51. The van der Waals surface area contributed by atoms with Gasteiger partial charge >= 0.3 is 0 Å². The van der Waals surface area contributed by atoms with Crippen molar-refractivity contribution in [3.63, 3.8) is 0 Å². The van der Waals surface area contributed by atoms with Gasteiger partial charge in [-0.2, -0.15) is 0 Å². The largest absolute Gasteiger partial charge is 0.345 e. The van der Waals surface area contributed by atoms with Gasteiger partial charge in [0.2, 0.25) is 5.91 Å². The Labute approximate surface area is 242 Å². The summed E-state index contributed by atoms with van der Waals surface area (Å²) in [5.41, 5.74) is 6.18. The lowest BCUT2D eigenvalue weighted by Crippen LogP contribution is -2.25. The lowest BCUT2D eigenvalue weighted by Gasteiger charge is -2.20. The number of unbranched alkanes of at least 4 members (excludes halogenated alkanes) is 1. The average molecular weight is 552 g/mol. The van der Waals surface area contributed by atoms with Crippen LogP contribution < -0.4 is 5.32 Å². The van der Waals surface area contributed by atoms with E-state index < -0.39 is 12.1 Å². The molecule has 220 valence electrons. The first-order valence-corrected chi connectivity index (χ1v) is 14.5. The van der Waals surface area contributed by atoms with E-state index in [0.29, 0.717) is 11.4 Å². The fraction of sp³-hybridized carbons (Fsp3) is 0.500. The summed E-state index contributed by atoms with van der Waals surface area (Å²) in [5.74, 6) is -0.594. The molecule has 1 aromatic rings. The van der Waals surface area contributed by atoms with Crippen LogP contribution in [0, 0.1) is 12.8 Å². The van der Waals surface area contributed by atoms with Crippen molar-refractivity contribution in [3.8, 4) is 0 Å². The van der Waals surface area contributed by atoms with Crippen LogP contribution in [0.5, 0.6) is 0 Å². The van der Waals surface area contributed by atoms with Crippen molar-refractivity contribution in [2.75, 3.05) is 19.4 Å². The molecule has 0 bridgehead atoms. The van der Waals surface area contributed by atoms with Crippen molar-refractivity contribution >= 4 is 23.7 Å². The highest BCUT2D eigenvalue weighted by Crippen LogP contribution is 2.35. The molecular formula is C34H50FN3O2. The maximum Gasteiger partial charge on any atom is 0.253 e. The van der Waals surface area contributed by atoms with Gasteiger partial charge in [0.1, 0.15) is 12.0 Å². The van der Waals surface area contributed by atoms with E-state index in [-0.39, 0.29) is 18.2 Å². The van der Waals surface area contributed by atoms with E-state index in [1.807, 2.05) is 39.0 Å². The van der Waals surface area contributed by atoms with Crippen LogP contribution in [0.25, 0.3) is 6.08 Å². The number of allylic oxidation sites excluding steroid dienone is 6. The normalized spacial score (nSPS) is 17.6. The molecule has 40 heavy (non-hydrogen) atoms. The second kappa shape index (κ2) is 17.4. The number of hydrogen-bond acceptors (Lipinski definition) is 3. The summed E-state index contributed by atoms with van der Waals surface area (Å²) < 4.78 is 13.3. The number of likely N-dealkylation sites (N-methyl/N-ethyl adjacent to an activating group) is 1. The Morgan fingerprint density at radius 3 is 2.25 bits per heavy atom. The van der Waals surface area contributed by atoms with Crippen LogP contribution >= 0.6 is 0 Å². The number of nitrogens with zero attached hydrogens (tertiary/aromatic N) is 2. The highest BCUT2D eigenvalue weighted by atomic mass is 19.1. The number of alkyl halides is 1. The zero-order valence-electron chi connectivity index (χ0n) is 26.2. The predicted octanol–water partition coefficient (Wildman–Crippen LogP) is 8.55. The molecule has 2 amide bonds. The number of anilines is 1. The Morgan fingerprint density at radius 2 is 1.77 bits per heavy atom. The highest BCUT2D eigenvalue weighted by molar-refractivity contribution is 6.01. The van der Waals surface area contributed by atoms with Crippen LogP contribution in [0.1, 0.15) is 91.2 Å². The van der Waals surface area contributed by atoms with Gasteiger partial charge < -0.3 is 10.2 Å². The molecule has 0 spiro atoms. The van der Waals surface area contributed by atoms with E-state index in [1.165, 1.54) is 6.42 Å². The Kier molecular flexibility index (Phi) is 15.1. The summed E-state index contributed by atoms with van der Waals surface area (Å²) in [5, 5.41) is 2.71. The Bertz CT molecular complexity index is 1160. The van der Waals surface area contributed by atoms with Gasteiger partial charge in [0.15, 0.2) is 0 Å². The second-order valence-electron chi connectivity index (χ2n) is 10.6. The van der Waals surface area contributed by atoms with E-state index in [2.05, 4.69) is 50.7 Å². The molecule has 0 aromatic carbocycles. The van der Waals surface area contributed by atoms with E-state index in [9.17, 15) is 14.0 Å². The molecule has 1 saturated carbocycles. The highest BCUT2D eigenvalue weighted by Gasteiger charge is 2.43. The summed E-state index contributed by atoms with van der Waals surface area (Å²) in [6.45, 7) is 18.6. The van der Waals surface area contributed by atoms with E-state index in [1.54, 1.807) is 31.3 Å². The van der Waals surface area contributed by atoms with E-state index >= 15 is 0 Å². The SMILES string of the molecule is C=C(\C=C(C)/C(=C\C)C(=C/c1cnc(NC(=O)C2CC2F)cc1C)/C(=C/CCC)C(=O)N(C)C)CCC.CCC. The van der Waals surface area contributed by atoms with Gasteiger partial charge in [0.05, 0.1) is 5.92 Å². The molecule has 0 aliphatic heterocycles. The monoisotopic (exact) mass is 551 g/mol. The van der Waals surface area contributed by atoms with E-state index in [4.69, 9.17) is 0 Å². The van der Waals surface area contributed by atoms with Gasteiger partial charge in [-0.05, 0) is 80.0 Å². The number of amides is 2. The molecule has 1 N–H and O–H groups in total. The third-order valence-electron chi connectivity index (χ3n) is 6.31. The smallest absolute Gasteiger partial charge is 0.253 e. The molecule has 0 radical (unpaired) electrons. The van der Waals surface area contributed by atoms with Crippen LogP contribution in [-0.2, 0) is 9.59 Å². The summed E-state index contributed by atoms with van der Waals surface area (Å²) in [6.07, 6.45) is 13.9. The third-order valence-corrected chi connectivity index (χ3v) is 6.31. The summed E-state index contributed by atoms with van der Waals surface area (Å²) in [4.78, 5) is 31.5. The molecule has 1 aliphatic rings. The van der Waals surface area contributed by atoms with Crippen LogP contribution in [0.2, 0.25) is 0 Å². The van der Waals surface area contributed by atoms with Gasteiger partial charge in [-0.1, -0.05) is 77.3 Å². The predicted molar refractivity (Wildman–Crippen MR) is 168 cm³/mol. The lowest BCUT2D eigenvalue weighted by atomic mass is 9.88. The summed E-state index contributed by atoms with van der Waals surface area (Å²) >= 11 is 0. The van der Waals surface area contributed by atoms with Crippen LogP contribution in [0.15, 0.2) is 64.9 Å². The number of aryl methyl sites for hydroxylation is 1. The number of hydrogen-bond donors (Lipinski definition) is 1. The first-order valence-electron chi connectivity index (χ1n) is 14.5. The maximum atomic E-state index is 13.4. The van der Waals surface area contributed by atoms with Gasteiger partial charge in [0, 0.05) is 25.9 Å². The quantitative estimate of drug-likeness (QED) is 0.209. The average Bonchev–Trinajstić information content (AvgIpc) is 3.63. The Hall–Kier alpha value is -3.28. The van der Waals surface area contributed by atoms with Crippen molar-refractivity contribution in [3.05, 3.63) is 76.1 Å². The zero-order chi connectivity index (χ0) is 30.4. The molecule has 2 atom stereocenters. The van der Waals surface area contributed by atoms with Gasteiger partial charge in [-0.3, -0.25) is 9.59 Å². The first-order chi connectivity index (χ1) is 18.9.